The van der Waals surface area contributed by atoms with Crippen LogP contribution in [0, 0.1) is 10.8 Å². The number of hydrogen-bond acceptors (Lipinski definition) is 3. The molecule has 2 heterocycles. The molecular weight excluding hydrogens is 226 g/mol. The van der Waals surface area contributed by atoms with Crippen molar-refractivity contribution in [1.29, 1.82) is 0 Å². The van der Waals surface area contributed by atoms with E-state index in [2.05, 4.69) is 18.7 Å². The molecule has 0 aromatic heterocycles. The van der Waals surface area contributed by atoms with Crippen molar-refractivity contribution in [1.82, 2.24) is 4.90 Å². The van der Waals surface area contributed by atoms with Crippen LogP contribution in [0.5, 0.6) is 0 Å². The summed E-state index contributed by atoms with van der Waals surface area (Å²) in [5, 5.41) is 0. The lowest BCUT2D eigenvalue weighted by atomic mass is 9.73. The molecule has 3 nitrogen and oxygen atoms in total. The van der Waals surface area contributed by atoms with E-state index in [0.717, 1.165) is 19.8 Å². The quantitative estimate of drug-likeness (QED) is 0.750. The zero-order chi connectivity index (χ0) is 12.6. The molecule has 1 aliphatic carbocycles. The monoisotopic (exact) mass is 253 g/mol. The van der Waals surface area contributed by atoms with Gasteiger partial charge >= 0.3 is 0 Å². The Balaban J connectivity index is 1.42. The van der Waals surface area contributed by atoms with Gasteiger partial charge in [0, 0.05) is 43.7 Å². The third-order valence-corrected chi connectivity index (χ3v) is 4.91. The molecule has 3 fully saturated rings. The number of rotatable bonds is 5. The van der Waals surface area contributed by atoms with Gasteiger partial charge in [-0.1, -0.05) is 0 Å². The van der Waals surface area contributed by atoms with E-state index < -0.39 is 0 Å². The Hall–Kier alpha value is -0.120. The molecule has 0 amide bonds. The van der Waals surface area contributed by atoms with E-state index in [9.17, 15) is 0 Å². The predicted octanol–water partition coefficient (Wildman–Crippen LogP) is 2.30. The highest BCUT2D eigenvalue weighted by atomic mass is 16.5. The fraction of sp³-hybridized carbons (Fsp3) is 1.00. The minimum absolute atomic E-state index is 0.376. The Morgan fingerprint density at radius 1 is 1.11 bits per heavy atom. The van der Waals surface area contributed by atoms with Gasteiger partial charge in [-0.25, -0.2) is 0 Å². The largest absolute Gasteiger partial charge is 0.381 e. The highest BCUT2D eigenvalue weighted by Gasteiger charge is 2.50. The van der Waals surface area contributed by atoms with E-state index in [1.165, 1.54) is 45.3 Å². The molecule has 0 bridgehead atoms. The van der Waals surface area contributed by atoms with Crippen molar-refractivity contribution in [3.8, 4) is 0 Å². The highest BCUT2D eigenvalue weighted by molar-refractivity contribution is 5.02. The Kier molecular flexibility index (Phi) is 3.41. The molecule has 0 aromatic rings. The molecule has 0 aromatic carbocycles. The first-order valence-electron chi connectivity index (χ1n) is 7.53. The van der Waals surface area contributed by atoms with E-state index in [-0.39, 0.29) is 0 Å². The summed E-state index contributed by atoms with van der Waals surface area (Å²) in [6, 6.07) is 0. The van der Waals surface area contributed by atoms with Crippen LogP contribution in [-0.2, 0) is 9.47 Å². The van der Waals surface area contributed by atoms with Gasteiger partial charge in [0.1, 0.15) is 0 Å². The summed E-state index contributed by atoms with van der Waals surface area (Å²) in [5.41, 5.74) is 1.13. The van der Waals surface area contributed by atoms with Crippen molar-refractivity contribution in [3.63, 3.8) is 0 Å². The van der Waals surface area contributed by atoms with Gasteiger partial charge in [-0.2, -0.15) is 0 Å². The van der Waals surface area contributed by atoms with Crippen LogP contribution in [0.3, 0.4) is 0 Å². The second kappa shape index (κ2) is 4.77. The van der Waals surface area contributed by atoms with Gasteiger partial charge in [-0.15, -0.1) is 0 Å². The van der Waals surface area contributed by atoms with Crippen LogP contribution in [0.4, 0.5) is 0 Å². The van der Waals surface area contributed by atoms with Crippen LogP contribution in [0.1, 0.15) is 39.5 Å². The van der Waals surface area contributed by atoms with Crippen molar-refractivity contribution in [2.45, 2.75) is 45.6 Å². The van der Waals surface area contributed by atoms with Crippen molar-refractivity contribution in [2.75, 3.05) is 39.5 Å². The van der Waals surface area contributed by atoms with Gasteiger partial charge in [0.05, 0.1) is 12.7 Å². The van der Waals surface area contributed by atoms with Crippen molar-refractivity contribution >= 4 is 0 Å². The summed E-state index contributed by atoms with van der Waals surface area (Å²) >= 11 is 0. The molecule has 3 rings (SSSR count). The lowest BCUT2D eigenvalue weighted by Gasteiger charge is -2.53. The summed E-state index contributed by atoms with van der Waals surface area (Å²) in [7, 11) is 0. The van der Waals surface area contributed by atoms with Crippen LogP contribution in [0.15, 0.2) is 0 Å². The maximum atomic E-state index is 5.83. The van der Waals surface area contributed by atoms with E-state index >= 15 is 0 Å². The minimum atomic E-state index is 0.376. The molecule has 1 spiro atoms. The molecule has 2 aliphatic heterocycles. The highest BCUT2D eigenvalue weighted by Crippen LogP contribution is 2.49. The predicted molar refractivity (Wildman–Crippen MR) is 71.7 cm³/mol. The standard InChI is InChI=1S/C15H27NO2/c1-13(2)18-12-15(3-4-15)11-16-9-14(10-16)5-7-17-8-6-14/h13H,3-12H2,1-2H3. The third kappa shape index (κ3) is 2.73. The lowest BCUT2D eigenvalue weighted by molar-refractivity contribution is -0.0920. The van der Waals surface area contributed by atoms with Gasteiger partial charge in [-0.05, 0) is 39.5 Å². The van der Waals surface area contributed by atoms with Gasteiger partial charge < -0.3 is 14.4 Å². The van der Waals surface area contributed by atoms with Gasteiger partial charge in [-0.3, -0.25) is 0 Å². The lowest BCUT2D eigenvalue weighted by Crippen LogP contribution is -2.59. The molecule has 3 heteroatoms. The van der Waals surface area contributed by atoms with E-state index in [1.807, 2.05) is 0 Å². The molecule has 0 N–H and O–H groups in total. The second-order valence-corrected chi connectivity index (χ2v) is 7.12. The average Bonchev–Trinajstić information content (AvgIpc) is 3.06. The molecule has 18 heavy (non-hydrogen) atoms. The summed E-state index contributed by atoms with van der Waals surface area (Å²) in [6.07, 6.45) is 5.66. The van der Waals surface area contributed by atoms with Crippen LogP contribution >= 0.6 is 0 Å². The summed E-state index contributed by atoms with van der Waals surface area (Å²) in [6.45, 7) is 11.1. The molecular formula is C15H27NO2. The Labute approximate surface area is 111 Å². The Bertz CT molecular complexity index is 285. The zero-order valence-corrected chi connectivity index (χ0v) is 11.9. The van der Waals surface area contributed by atoms with E-state index in [0.29, 0.717) is 16.9 Å². The van der Waals surface area contributed by atoms with Crippen molar-refractivity contribution in [3.05, 3.63) is 0 Å². The molecule has 0 unspecified atom stereocenters. The second-order valence-electron chi connectivity index (χ2n) is 7.12. The topological polar surface area (TPSA) is 21.7 Å². The van der Waals surface area contributed by atoms with E-state index in [1.54, 1.807) is 0 Å². The van der Waals surface area contributed by atoms with Crippen LogP contribution in [0.2, 0.25) is 0 Å². The van der Waals surface area contributed by atoms with Crippen molar-refractivity contribution in [2.24, 2.45) is 10.8 Å². The van der Waals surface area contributed by atoms with Crippen molar-refractivity contribution < 1.29 is 9.47 Å². The SMILES string of the molecule is CC(C)OCC1(CN2CC3(CCOCC3)C2)CC1. The third-order valence-electron chi connectivity index (χ3n) is 4.91. The first-order valence-corrected chi connectivity index (χ1v) is 7.53. The zero-order valence-electron chi connectivity index (χ0n) is 11.9. The summed E-state index contributed by atoms with van der Waals surface area (Å²) < 4.78 is 11.3. The summed E-state index contributed by atoms with van der Waals surface area (Å²) in [4.78, 5) is 2.65. The first kappa shape index (κ1) is 12.9. The average molecular weight is 253 g/mol. The fourth-order valence-corrected chi connectivity index (χ4v) is 3.48. The number of hydrogen-bond donors (Lipinski definition) is 0. The van der Waals surface area contributed by atoms with Gasteiger partial charge in [0.2, 0.25) is 0 Å². The van der Waals surface area contributed by atoms with Gasteiger partial charge in [0.15, 0.2) is 0 Å². The Morgan fingerprint density at radius 2 is 1.78 bits per heavy atom. The minimum Gasteiger partial charge on any atom is -0.381 e. The summed E-state index contributed by atoms with van der Waals surface area (Å²) in [5.74, 6) is 0. The molecule has 0 atom stereocenters. The molecule has 2 saturated heterocycles. The van der Waals surface area contributed by atoms with Crippen LogP contribution in [-0.4, -0.2) is 50.5 Å². The Morgan fingerprint density at radius 3 is 2.33 bits per heavy atom. The van der Waals surface area contributed by atoms with Crippen LogP contribution < -0.4 is 0 Å². The number of likely N-dealkylation sites (tertiary alicyclic amines) is 1. The van der Waals surface area contributed by atoms with Crippen LogP contribution in [0.25, 0.3) is 0 Å². The first-order chi connectivity index (χ1) is 8.62. The normalized spacial score (nSPS) is 29.5. The number of nitrogens with zero attached hydrogens (tertiary/aromatic N) is 1. The maximum absolute atomic E-state index is 5.83. The maximum Gasteiger partial charge on any atom is 0.0538 e. The smallest absolute Gasteiger partial charge is 0.0538 e. The fourth-order valence-electron chi connectivity index (χ4n) is 3.48. The van der Waals surface area contributed by atoms with E-state index in [4.69, 9.17) is 9.47 Å². The number of ether oxygens (including phenoxy) is 2. The molecule has 1 saturated carbocycles. The molecule has 104 valence electrons. The molecule has 0 radical (unpaired) electrons. The molecule has 3 aliphatic rings. The van der Waals surface area contributed by atoms with Gasteiger partial charge in [0.25, 0.3) is 0 Å².